The highest BCUT2D eigenvalue weighted by Crippen LogP contribution is 2.46. The van der Waals surface area contributed by atoms with Crippen molar-refractivity contribution in [3.05, 3.63) is 60.2 Å². The molecule has 0 saturated heterocycles. The summed E-state index contributed by atoms with van der Waals surface area (Å²) < 4.78 is 97.3. The third-order valence-corrected chi connectivity index (χ3v) is 3.28. The molecule has 0 saturated carbocycles. The molecule has 0 fully saturated rings. The molecule has 0 N–H and O–H groups in total. The van der Waals surface area contributed by atoms with Crippen LogP contribution in [-0.2, 0) is 0 Å². The van der Waals surface area contributed by atoms with Gasteiger partial charge < -0.3 is 9.47 Å². The molecule has 0 unspecified atom stereocenters. The zero-order chi connectivity index (χ0) is 20.3. The van der Waals surface area contributed by atoms with E-state index in [1.165, 1.54) is 12.1 Å². The molecule has 10 heteroatoms. The summed E-state index contributed by atoms with van der Waals surface area (Å²) in [4.78, 5) is 11.9. The van der Waals surface area contributed by atoms with Gasteiger partial charge in [0.15, 0.2) is 6.61 Å². The number of halogens is 7. The van der Waals surface area contributed by atoms with Gasteiger partial charge in [0.1, 0.15) is 11.5 Å². The summed E-state index contributed by atoms with van der Waals surface area (Å²) >= 11 is 0. The van der Waals surface area contributed by atoms with Gasteiger partial charge in [0.2, 0.25) is 0 Å². The highest BCUT2D eigenvalue weighted by atomic mass is 19.4. The second-order valence-electron chi connectivity index (χ2n) is 5.29. The minimum absolute atomic E-state index is 0.0152. The van der Waals surface area contributed by atoms with Crippen LogP contribution < -0.4 is 9.47 Å². The number of hydrogen-bond acceptors (Lipinski definition) is 3. The highest BCUT2D eigenvalue weighted by Gasteiger charge is 2.73. The second kappa shape index (κ2) is 7.45. The zero-order valence-electron chi connectivity index (χ0n) is 13.3. The molecule has 0 atom stereocenters. The van der Waals surface area contributed by atoms with Crippen LogP contribution in [0.1, 0.15) is 10.4 Å². The summed E-state index contributed by atoms with van der Waals surface area (Å²) in [7, 11) is 0. The van der Waals surface area contributed by atoms with Crippen molar-refractivity contribution in [1.82, 2.24) is 0 Å². The van der Waals surface area contributed by atoms with Crippen LogP contribution in [-0.4, -0.2) is 30.6 Å². The van der Waals surface area contributed by atoms with Crippen LogP contribution in [0.5, 0.6) is 11.5 Å². The first-order valence-electron chi connectivity index (χ1n) is 7.26. The van der Waals surface area contributed by atoms with Crippen LogP contribution in [0.4, 0.5) is 30.7 Å². The number of rotatable bonds is 6. The fourth-order valence-corrected chi connectivity index (χ4v) is 1.81. The van der Waals surface area contributed by atoms with E-state index in [0.717, 1.165) is 24.3 Å². The first-order valence-corrected chi connectivity index (χ1v) is 7.26. The molecule has 3 nitrogen and oxygen atoms in total. The predicted octanol–water partition coefficient (Wildman–Crippen LogP) is 5.12. The second-order valence-corrected chi connectivity index (χ2v) is 5.29. The van der Waals surface area contributed by atoms with Crippen LogP contribution in [0.3, 0.4) is 0 Å². The van der Waals surface area contributed by atoms with Gasteiger partial charge in [-0.1, -0.05) is 18.2 Å². The van der Waals surface area contributed by atoms with Crippen LogP contribution in [0.2, 0.25) is 0 Å². The van der Waals surface area contributed by atoms with E-state index in [0.29, 0.717) is 0 Å². The molecule has 0 amide bonds. The Hall–Kier alpha value is -2.78. The van der Waals surface area contributed by atoms with E-state index in [-0.39, 0.29) is 11.3 Å². The SMILES string of the molecule is O=C(Oc1ccccc1)c1ccc(OCC(F)(F)C(F)(F)C(F)(F)F)cc1. The predicted molar refractivity (Wildman–Crippen MR) is 79.3 cm³/mol. The van der Waals surface area contributed by atoms with Crippen LogP contribution in [0.15, 0.2) is 54.6 Å². The number of hydrogen-bond donors (Lipinski definition) is 0. The minimum atomic E-state index is -6.43. The van der Waals surface area contributed by atoms with Crippen molar-refractivity contribution in [3.63, 3.8) is 0 Å². The van der Waals surface area contributed by atoms with Gasteiger partial charge in [-0.25, -0.2) is 4.79 Å². The number of carbonyl (C=O) groups is 1. The number of carbonyl (C=O) groups excluding carboxylic acids is 1. The summed E-state index contributed by atoms with van der Waals surface area (Å²) in [6.07, 6.45) is -6.43. The van der Waals surface area contributed by atoms with Crippen molar-refractivity contribution < 1.29 is 45.0 Å². The van der Waals surface area contributed by atoms with Gasteiger partial charge in [-0.3, -0.25) is 0 Å². The van der Waals surface area contributed by atoms with Gasteiger partial charge >= 0.3 is 24.0 Å². The van der Waals surface area contributed by atoms with Gasteiger partial charge in [0.25, 0.3) is 0 Å². The highest BCUT2D eigenvalue weighted by molar-refractivity contribution is 5.91. The third kappa shape index (κ3) is 4.69. The first kappa shape index (κ1) is 20.5. The molecule has 0 radical (unpaired) electrons. The number of para-hydroxylation sites is 1. The standard InChI is InChI=1S/C17H11F7O3/c18-15(19,16(20,21)17(22,23)24)10-26-12-8-6-11(7-9-12)14(25)27-13-4-2-1-3-5-13/h1-9H,10H2. The van der Waals surface area contributed by atoms with Gasteiger partial charge in [-0.15, -0.1) is 0 Å². The van der Waals surface area contributed by atoms with Crippen LogP contribution in [0, 0.1) is 0 Å². The molecule has 2 aromatic carbocycles. The quantitative estimate of drug-likeness (QED) is 0.386. The van der Waals surface area contributed by atoms with Crippen LogP contribution >= 0.6 is 0 Å². The topological polar surface area (TPSA) is 35.5 Å². The third-order valence-electron chi connectivity index (χ3n) is 3.28. The van der Waals surface area contributed by atoms with Crippen molar-refractivity contribution in [3.8, 4) is 11.5 Å². The maximum absolute atomic E-state index is 13.2. The number of ether oxygens (including phenoxy) is 2. The average molecular weight is 396 g/mol. The van der Waals surface area contributed by atoms with Gasteiger partial charge in [0.05, 0.1) is 5.56 Å². The van der Waals surface area contributed by atoms with E-state index in [1.54, 1.807) is 18.2 Å². The van der Waals surface area contributed by atoms with Gasteiger partial charge in [0, 0.05) is 0 Å². The summed E-state index contributed by atoms with van der Waals surface area (Å²) in [6.45, 7) is -2.20. The smallest absolute Gasteiger partial charge is 0.460 e. The summed E-state index contributed by atoms with van der Waals surface area (Å²) in [5.74, 6) is -12.7. The van der Waals surface area contributed by atoms with Crippen molar-refractivity contribution in [2.45, 2.75) is 18.0 Å². The van der Waals surface area contributed by atoms with Crippen molar-refractivity contribution in [2.24, 2.45) is 0 Å². The molecule has 2 aromatic rings. The lowest BCUT2D eigenvalue weighted by Crippen LogP contribution is -2.54. The van der Waals surface area contributed by atoms with E-state index in [2.05, 4.69) is 4.74 Å². The molecule has 0 aliphatic rings. The zero-order valence-corrected chi connectivity index (χ0v) is 13.3. The Kier molecular flexibility index (Phi) is 5.67. The Balaban J connectivity index is 2.00. The van der Waals surface area contributed by atoms with E-state index in [9.17, 15) is 35.5 Å². The maximum Gasteiger partial charge on any atom is 0.460 e. The van der Waals surface area contributed by atoms with Crippen molar-refractivity contribution in [1.29, 1.82) is 0 Å². The molecule has 27 heavy (non-hydrogen) atoms. The molecule has 0 bridgehead atoms. The summed E-state index contributed by atoms with van der Waals surface area (Å²) in [5, 5.41) is 0. The summed E-state index contributed by atoms with van der Waals surface area (Å²) in [6, 6.07) is 12.1. The Morgan fingerprint density at radius 1 is 0.778 bits per heavy atom. The molecule has 146 valence electrons. The lowest BCUT2D eigenvalue weighted by Gasteiger charge is -2.27. The Bertz CT molecular complexity index is 771. The number of benzene rings is 2. The molecule has 2 rings (SSSR count). The first-order chi connectivity index (χ1) is 12.4. The fourth-order valence-electron chi connectivity index (χ4n) is 1.81. The normalized spacial score (nSPS) is 12.6. The van der Waals surface area contributed by atoms with E-state index < -0.39 is 36.3 Å². The van der Waals surface area contributed by atoms with Gasteiger partial charge in [-0.2, -0.15) is 30.7 Å². The minimum Gasteiger partial charge on any atom is -0.487 e. The van der Waals surface area contributed by atoms with E-state index >= 15 is 0 Å². The largest absolute Gasteiger partial charge is 0.487 e. The molecular formula is C17H11F7O3. The monoisotopic (exact) mass is 396 g/mol. The Labute approximate surface area is 148 Å². The van der Waals surface area contributed by atoms with Crippen molar-refractivity contribution >= 4 is 5.97 Å². The van der Waals surface area contributed by atoms with E-state index in [4.69, 9.17) is 4.74 Å². The molecule has 0 aromatic heterocycles. The average Bonchev–Trinajstić information content (AvgIpc) is 2.60. The number of esters is 1. The van der Waals surface area contributed by atoms with Gasteiger partial charge in [-0.05, 0) is 36.4 Å². The Morgan fingerprint density at radius 2 is 1.33 bits per heavy atom. The Morgan fingerprint density at radius 3 is 1.85 bits per heavy atom. The lowest BCUT2D eigenvalue weighted by atomic mass is 10.1. The number of alkyl halides is 7. The summed E-state index contributed by atoms with van der Waals surface area (Å²) in [5.41, 5.74) is -0.0152. The lowest BCUT2D eigenvalue weighted by molar-refractivity contribution is -0.358. The fraction of sp³-hybridized carbons (Fsp3) is 0.235. The van der Waals surface area contributed by atoms with Crippen LogP contribution in [0.25, 0.3) is 0 Å². The molecule has 0 aliphatic carbocycles. The molecule has 0 heterocycles. The maximum atomic E-state index is 13.2. The molecule has 0 spiro atoms. The molecular weight excluding hydrogens is 385 g/mol. The molecule has 0 aliphatic heterocycles. The van der Waals surface area contributed by atoms with E-state index in [1.807, 2.05) is 0 Å². The van der Waals surface area contributed by atoms with Crippen molar-refractivity contribution in [2.75, 3.05) is 6.61 Å².